The molecule has 0 radical (unpaired) electrons. The van der Waals surface area contributed by atoms with Gasteiger partial charge in [-0.1, -0.05) is 62.8 Å². The van der Waals surface area contributed by atoms with Crippen molar-refractivity contribution in [1.29, 1.82) is 0 Å². The van der Waals surface area contributed by atoms with Gasteiger partial charge in [-0.15, -0.1) is 0 Å². The van der Waals surface area contributed by atoms with Crippen molar-refractivity contribution in [2.45, 2.75) is 45.4 Å². The highest BCUT2D eigenvalue weighted by atomic mass is 35.5. The summed E-state index contributed by atoms with van der Waals surface area (Å²) in [7, 11) is 0. The zero-order chi connectivity index (χ0) is 20.7. The largest absolute Gasteiger partial charge is 0.494 e. The SMILES string of the molecule is CCCCCCCCOc1ccc(OCC(=O)NN=Cc2cccc(Cl)c2)cc1. The van der Waals surface area contributed by atoms with Gasteiger partial charge in [-0.2, -0.15) is 5.10 Å². The van der Waals surface area contributed by atoms with E-state index in [0.717, 1.165) is 24.3 Å². The number of hydrogen-bond acceptors (Lipinski definition) is 4. The first kappa shape index (κ1) is 22.8. The van der Waals surface area contributed by atoms with Gasteiger partial charge in [0, 0.05) is 5.02 Å². The zero-order valence-electron chi connectivity index (χ0n) is 16.9. The molecule has 0 aliphatic heterocycles. The first-order valence-corrected chi connectivity index (χ1v) is 10.5. The number of nitrogens with one attached hydrogen (secondary N) is 1. The van der Waals surface area contributed by atoms with Gasteiger partial charge in [0.05, 0.1) is 12.8 Å². The Morgan fingerprint density at radius 3 is 2.41 bits per heavy atom. The number of halogens is 1. The fourth-order valence-electron chi connectivity index (χ4n) is 2.65. The van der Waals surface area contributed by atoms with Crippen molar-refractivity contribution in [3.63, 3.8) is 0 Å². The average Bonchev–Trinajstić information content (AvgIpc) is 2.72. The standard InChI is InChI=1S/C23H29ClN2O3/c1-2-3-4-5-6-7-15-28-21-11-13-22(14-12-21)29-18-23(27)26-25-17-19-9-8-10-20(24)16-19/h8-14,16-17H,2-7,15,18H2,1H3,(H,26,27). The van der Waals surface area contributed by atoms with Crippen LogP contribution in [-0.4, -0.2) is 25.3 Å². The van der Waals surface area contributed by atoms with Crippen LogP contribution in [0.2, 0.25) is 5.02 Å². The Bertz CT molecular complexity index is 763. The molecule has 0 unspecified atom stereocenters. The minimum Gasteiger partial charge on any atom is -0.494 e. The molecule has 0 spiro atoms. The van der Waals surface area contributed by atoms with Crippen molar-refractivity contribution < 1.29 is 14.3 Å². The monoisotopic (exact) mass is 416 g/mol. The van der Waals surface area contributed by atoms with Gasteiger partial charge in [0.2, 0.25) is 0 Å². The van der Waals surface area contributed by atoms with E-state index in [1.54, 1.807) is 24.3 Å². The summed E-state index contributed by atoms with van der Waals surface area (Å²) in [6, 6.07) is 14.5. The van der Waals surface area contributed by atoms with Crippen LogP contribution >= 0.6 is 11.6 Å². The third-order valence-corrected chi connectivity index (χ3v) is 4.45. The van der Waals surface area contributed by atoms with Crippen LogP contribution in [0.15, 0.2) is 53.6 Å². The van der Waals surface area contributed by atoms with Crippen molar-refractivity contribution >= 4 is 23.7 Å². The third-order valence-electron chi connectivity index (χ3n) is 4.21. The van der Waals surface area contributed by atoms with Crippen molar-refractivity contribution in [2.24, 2.45) is 5.10 Å². The van der Waals surface area contributed by atoms with Gasteiger partial charge in [0.25, 0.3) is 5.91 Å². The van der Waals surface area contributed by atoms with E-state index in [1.807, 2.05) is 24.3 Å². The van der Waals surface area contributed by atoms with E-state index in [9.17, 15) is 4.79 Å². The summed E-state index contributed by atoms with van der Waals surface area (Å²) in [5.41, 5.74) is 3.22. The fourth-order valence-corrected chi connectivity index (χ4v) is 2.85. The van der Waals surface area contributed by atoms with Crippen molar-refractivity contribution in [3.05, 3.63) is 59.1 Å². The lowest BCUT2D eigenvalue weighted by Gasteiger charge is -2.08. The summed E-state index contributed by atoms with van der Waals surface area (Å²) in [5.74, 6) is 1.07. The Kier molecular flexibility index (Phi) is 10.7. The smallest absolute Gasteiger partial charge is 0.277 e. The summed E-state index contributed by atoms with van der Waals surface area (Å²) in [6.07, 6.45) is 8.96. The predicted octanol–water partition coefficient (Wildman–Crippen LogP) is 5.61. The van der Waals surface area contributed by atoms with E-state index in [4.69, 9.17) is 21.1 Å². The van der Waals surface area contributed by atoms with Crippen LogP contribution in [-0.2, 0) is 4.79 Å². The molecular formula is C23H29ClN2O3. The molecule has 0 aliphatic rings. The third kappa shape index (κ3) is 9.99. The number of carbonyl (C=O) groups excluding carboxylic acids is 1. The Labute approximate surface area is 178 Å². The van der Waals surface area contributed by atoms with E-state index < -0.39 is 0 Å². The zero-order valence-corrected chi connectivity index (χ0v) is 17.7. The normalized spacial score (nSPS) is 10.8. The molecule has 0 aromatic heterocycles. The van der Waals surface area contributed by atoms with Gasteiger partial charge in [0.15, 0.2) is 6.61 Å². The maximum atomic E-state index is 11.8. The van der Waals surface area contributed by atoms with E-state index in [0.29, 0.717) is 10.8 Å². The second-order valence-corrected chi connectivity index (χ2v) is 7.16. The van der Waals surface area contributed by atoms with Gasteiger partial charge in [-0.25, -0.2) is 5.43 Å². The average molecular weight is 417 g/mol. The molecule has 0 aliphatic carbocycles. The van der Waals surface area contributed by atoms with Crippen LogP contribution in [0.4, 0.5) is 0 Å². The van der Waals surface area contributed by atoms with Crippen LogP contribution in [0.1, 0.15) is 51.0 Å². The molecule has 1 amide bonds. The lowest BCUT2D eigenvalue weighted by molar-refractivity contribution is -0.123. The topological polar surface area (TPSA) is 59.9 Å². The summed E-state index contributed by atoms with van der Waals surface area (Å²) in [6.45, 7) is 2.82. The number of rotatable bonds is 13. The van der Waals surface area contributed by atoms with Gasteiger partial charge < -0.3 is 9.47 Å². The van der Waals surface area contributed by atoms with Crippen LogP contribution in [0, 0.1) is 0 Å². The predicted molar refractivity (Wildman–Crippen MR) is 118 cm³/mol. The van der Waals surface area contributed by atoms with Crippen molar-refractivity contribution in [1.82, 2.24) is 5.43 Å². The summed E-state index contributed by atoms with van der Waals surface area (Å²) in [5, 5.41) is 4.50. The maximum Gasteiger partial charge on any atom is 0.277 e. The van der Waals surface area contributed by atoms with Crippen LogP contribution in [0.25, 0.3) is 0 Å². The summed E-state index contributed by atoms with van der Waals surface area (Å²) < 4.78 is 11.2. The van der Waals surface area contributed by atoms with Crippen molar-refractivity contribution in [2.75, 3.05) is 13.2 Å². The van der Waals surface area contributed by atoms with E-state index in [2.05, 4.69) is 17.5 Å². The number of ether oxygens (including phenoxy) is 2. The van der Waals surface area contributed by atoms with Crippen LogP contribution < -0.4 is 14.9 Å². The highest BCUT2D eigenvalue weighted by Gasteiger charge is 2.02. The fraction of sp³-hybridized carbons (Fsp3) is 0.391. The molecule has 0 fully saturated rings. The molecule has 156 valence electrons. The quantitative estimate of drug-likeness (QED) is 0.262. The highest BCUT2D eigenvalue weighted by molar-refractivity contribution is 6.30. The number of unbranched alkanes of at least 4 members (excludes halogenated alkanes) is 5. The lowest BCUT2D eigenvalue weighted by atomic mass is 10.1. The van der Waals surface area contributed by atoms with Crippen molar-refractivity contribution in [3.8, 4) is 11.5 Å². The van der Waals surface area contributed by atoms with Crippen LogP contribution in [0.5, 0.6) is 11.5 Å². The molecular weight excluding hydrogens is 388 g/mol. The minimum atomic E-state index is -0.341. The lowest BCUT2D eigenvalue weighted by Crippen LogP contribution is -2.24. The second-order valence-electron chi connectivity index (χ2n) is 6.72. The van der Waals surface area contributed by atoms with Gasteiger partial charge in [-0.05, 0) is 48.4 Å². The maximum absolute atomic E-state index is 11.8. The Hall–Kier alpha value is -2.53. The minimum absolute atomic E-state index is 0.120. The molecule has 2 aromatic rings. The first-order valence-electron chi connectivity index (χ1n) is 10.1. The molecule has 6 heteroatoms. The molecule has 5 nitrogen and oxygen atoms in total. The molecule has 0 saturated carbocycles. The van der Waals surface area contributed by atoms with E-state index >= 15 is 0 Å². The molecule has 0 atom stereocenters. The molecule has 2 aromatic carbocycles. The van der Waals surface area contributed by atoms with Gasteiger partial charge >= 0.3 is 0 Å². The van der Waals surface area contributed by atoms with E-state index in [1.165, 1.54) is 38.3 Å². The summed E-state index contributed by atoms with van der Waals surface area (Å²) in [4.78, 5) is 11.8. The second kappa shape index (κ2) is 13.6. The number of benzene rings is 2. The number of hydrogen-bond donors (Lipinski definition) is 1. The van der Waals surface area contributed by atoms with Gasteiger partial charge in [0.1, 0.15) is 11.5 Å². The molecule has 1 N–H and O–H groups in total. The number of hydrazone groups is 1. The number of nitrogens with zero attached hydrogens (tertiary/aromatic N) is 1. The molecule has 29 heavy (non-hydrogen) atoms. The molecule has 0 heterocycles. The Balaban J connectivity index is 1.62. The van der Waals surface area contributed by atoms with E-state index in [-0.39, 0.29) is 12.5 Å². The van der Waals surface area contributed by atoms with Crippen LogP contribution in [0.3, 0.4) is 0 Å². The molecule has 0 saturated heterocycles. The number of carbonyl (C=O) groups is 1. The molecule has 2 rings (SSSR count). The molecule has 0 bridgehead atoms. The van der Waals surface area contributed by atoms with Gasteiger partial charge in [-0.3, -0.25) is 4.79 Å². The summed E-state index contributed by atoms with van der Waals surface area (Å²) >= 11 is 5.90. The Morgan fingerprint density at radius 2 is 1.69 bits per heavy atom. The number of amides is 1. The Morgan fingerprint density at radius 1 is 1.00 bits per heavy atom. The first-order chi connectivity index (χ1) is 14.2. The highest BCUT2D eigenvalue weighted by Crippen LogP contribution is 2.18.